The van der Waals surface area contributed by atoms with Gasteiger partial charge < -0.3 is 20.1 Å². The van der Waals surface area contributed by atoms with Crippen molar-refractivity contribution in [2.24, 2.45) is 0 Å². The van der Waals surface area contributed by atoms with Gasteiger partial charge in [0.05, 0.1) is 17.4 Å². The van der Waals surface area contributed by atoms with Crippen LogP contribution in [0.2, 0.25) is 0 Å². The van der Waals surface area contributed by atoms with Crippen LogP contribution in [0.25, 0.3) is 0 Å². The predicted molar refractivity (Wildman–Crippen MR) is 98.2 cm³/mol. The van der Waals surface area contributed by atoms with Crippen LogP contribution in [0.1, 0.15) is 23.2 Å². The Bertz CT molecular complexity index is 854. The quantitative estimate of drug-likeness (QED) is 0.762. The fraction of sp³-hybridized carbons (Fsp3) is 0.300. The Morgan fingerprint density at radius 1 is 1.18 bits per heavy atom. The summed E-state index contributed by atoms with van der Waals surface area (Å²) in [4.78, 5) is 24.5. The van der Waals surface area contributed by atoms with E-state index in [2.05, 4.69) is 10.6 Å². The summed E-state index contributed by atoms with van der Waals surface area (Å²) in [6, 6.07) is 9.32. The van der Waals surface area contributed by atoms with Gasteiger partial charge >= 0.3 is 0 Å². The number of hydrogen-bond acceptors (Lipinski definition) is 4. The standard InChI is InChI=1S/C20H20F2N2O4/c21-13-7-8-18(16(22)10-13)28-12-19(25)24-17-6-2-1-5-15(17)20(26)23-11-14-4-3-9-27-14/h1-2,5-8,10,14H,3-4,9,11-12H2,(H,23,26)(H,24,25). The van der Waals surface area contributed by atoms with Crippen molar-refractivity contribution < 1.29 is 27.8 Å². The molecule has 0 aromatic heterocycles. The summed E-state index contributed by atoms with van der Waals surface area (Å²) in [6.45, 7) is 0.602. The van der Waals surface area contributed by atoms with E-state index in [1.54, 1.807) is 24.3 Å². The van der Waals surface area contributed by atoms with Crippen molar-refractivity contribution in [1.29, 1.82) is 0 Å². The molecule has 2 aromatic rings. The summed E-state index contributed by atoms with van der Waals surface area (Å²) in [7, 11) is 0. The second-order valence-corrected chi connectivity index (χ2v) is 6.30. The van der Waals surface area contributed by atoms with Crippen molar-refractivity contribution in [3.8, 4) is 5.75 Å². The highest BCUT2D eigenvalue weighted by molar-refractivity contribution is 6.04. The third-order valence-corrected chi connectivity index (χ3v) is 4.21. The molecule has 3 rings (SSSR count). The molecule has 0 saturated carbocycles. The van der Waals surface area contributed by atoms with E-state index in [-0.39, 0.29) is 17.8 Å². The molecule has 0 radical (unpaired) electrons. The Morgan fingerprint density at radius 3 is 2.75 bits per heavy atom. The van der Waals surface area contributed by atoms with Gasteiger partial charge in [-0.1, -0.05) is 12.1 Å². The summed E-state index contributed by atoms with van der Waals surface area (Å²) >= 11 is 0. The van der Waals surface area contributed by atoms with Gasteiger partial charge in [-0.2, -0.15) is 0 Å². The minimum absolute atomic E-state index is 0.00436. The number of carbonyl (C=O) groups excluding carboxylic acids is 2. The van der Waals surface area contributed by atoms with E-state index in [1.807, 2.05) is 0 Å². The summed E-state index contributed by atoms with van der Waals surface area (Å²) in [5.41, 5.74) is 0.599. The SMILES string of the molecule is O=C(COc1ccc(F)cc1F)Nc1ccccc1C(=O)NCC1CCCO1. The summed E-state index contributed by atoms with van der Waals surface area (Å²) in [5.74, 6) is -2.79. The molecule has 1 aliphatic rings. The first kappa shape index (κ1) is 19.8. The monoisotopic (exact) mass is 390 g/mol. The van der Waals surface area contributed by atoms with Crippen LogP contribution in [-0.2, 0) is 9.53 Å². The van der Waals surface area contributed by atoms with Crippen LogP contribution >= 0.6 is 0 Å². The molecule has 2 aromatic carbocycles. The Morgan fingerprint density at radius 2 is 2.00 bits per heavy atom. The van der Waals surface area contributed by atoms with Crippen molar-refractivity contribution in [2.75, 3.05) is 25.1 Å². The van der Waals surface area contributed by atoms with Crippen LogP contribution in [0.5, 0.6) is 5.75 Å². The zero-order chi connectivity index (χ0) is 19.9. The summed E-state index contributed by atoms with van der Waals surface area (Å²) < 4.78 is 37.0. The van der Waals surface area contributed by atoms with Crippen LogP contribution in [0, 0.1) is 11.6 Å². The van der Waals surface area contributed by atoms with Gasteiger partial charge in [0.2, 0.25) is 0 Å². The highest BCUT2D eigenvalue weighted by Gasteiger charge is 2.18. The summed E-state index contributed by atoms with van der Waals surface area (Å²) in [5, 5.41) is 5.36. The van der Waals surface area contributed by atoms with E-state index in [4.69, 9.17) is 9.47 Å². The zero-order valence-electron chi connectivity index (χ0n) is 15.0. The third kappa shape index (κ3) is 5.26. The van der Waals surface area contributed by atoms with E-state index in [9.17, 15) is 18.4 Å². The first-order valence-electron chi connectivity index (χ1n) is 8.89. The van der Waals surface area contributed by atoms with Crippen LogP contribution in [0.15, 0.2) is 42.5 Å². The number of amides is 2. The number of benzene rings is 2. The molecule has 1 atom stereocenters. The third-order valence-electron chi connectivity index (χ3n) is 4.21. The van der Waals surface area contributed by atoms with Gasteiger partial charge in [0.25, 0.3) is 11.8 Å². The molecule has 1 fully saturated rings. The molecular weight excluding hydrogens is 370 g/mol. The smallest absolute Gasteiger partial charge is 0.262 e. The first-order chi connectivity index (χ1) is 13.5. The van der Waals surface area contributed by atoms with Crippen molar-refractivity contribution in [1.82, 2.24) is 5.32 Å². The molecule has 0 aliphatic carbocycles. The van der Waals surface area contributed by atoms with Crippen molar-refractivity contribution in [3.63, 3.8) is 0 Å². The average molecular weight is 390 g/mol. The topological polar surface area (TPSA) is 76.7 Å². The largest absolute Gasteiger partial charge is 0.481 e. The first-order valence-corrected chi connectivity index (χ1v) is 8.89. The molecule has 6 nitrogen and oxygen atoms in total. The Labute approximate surface area is 160 Å². The zero-order valence-corrected chi connectivity index (χ0v) is 15.0. The van der Waals surface area contributed by atoms with Crippen molar-refractivity contribution in [2.45, 2.75) is 18.9 Å². The number of carbonyl (C=O) groups is 2. The van der Waals surface area contributed by atoms with E-state index >= 15 is 0 Å². The number of anilines is 1. The number of rotatable bonds is 7. The van der Waals surface area contributed by atoms with E-state index < -0.39 is 24.1 Å². The van der Waals surface area contributed by atoms with Gasteiger partial charge in [0.15, 0.2) is 18.2 Å². The fourth-order valence-electron chi connectivity index (χ4n) is 2.82. The van der Waals surface area contributed by atoms with Crippen LogP contribution in [0.4, 0.5) is 14.5 Å². The average Bonchev–Trinajstić information content (AvgIpc) is 3.19. The van der Waals surface area contributed by atoms with E-state index in [0.717, 1.165) is 25.0 Å². The van der Waals surface area contributed by atoms with Crippen molar-refractivity contribution in [3.05, 3.63) is 59.7 Å². The number of nitrogens with one attached hydrogen (secondary N) is 2. The highest BCUT2D eigenvalue weighted by atomic mass is 19.1. The van der Waals surface area contributed by atoms with Gasteiger partial charge in [0.1, 0.15) is 5.82 Å². The maximum absolute atomic E-state index is 13.6. The molecule has 0 bridgehead atoms. The molecule has 0 spiro atoms. The second kappa shape index (κ2) is 9.27. The van der Waals surface area contributed by atoms with Gasteiger partial charge in [-0.15, -0.1) is 0 Å². The molecule has 2 N–H and O–H groups in total. The maximum Gasteiger partial charge on any atom is 0.262 e. The van der Waals surface area contributed by atoms with Gasteiger partial charge in [0, 0.05) is 19.2 Å². The number of halogens is 2. The van der Waals surface area contributed by atoms with Crippen LogP contribution in [0.3, 0.4) is 0 Å². The van der Waals surface area contributed by atoms with E-state index in [0.29, 0.717) is 30.5 Å². The minimum atomic E-state index is -0.901. The molecule has 148 valence electrons. The number of hydrogen-bond donors (Lipinski definition) is 2. The van der Waals surface area contributed by atoms with Gasteiger partial charge in [-0.05, 0) is 37.1 Å². The minimum Gasteiger partial charge on any atom is -0.481 e. The molecular formula is C20H20F2N2O4. The molecule has 1 heterocycles. The lowest BCUT2D eigenvalue weighted by molar-refractivity contribution is -0.118. The fourth-order valence-corrected chi connectivity index (χ4v) is 2.82. The van der Waals surface area contributed by atoms with Crippen LogP contribution < -0.4 is 15.4 Å². The molecule has 28 heavy (non-hydrogen) atoms. The lowest BCUT2D eigenvalue weighted by Gasteiger charge is -2.14. The molecule has 8 heteroatoms. The van der Waals surface area contributed by atoms with E-state index in [1.165, 1.54) is 0 Å². The van der Waals surface area contributed by atoms with Crippen molar-refractivity contribution >= 4 is 17.5 Å². The number of para-hydroxylation sites is 1. The molecule has 2 amide bonds. The molecule has 1 saturated heterocycles. The molecule has 1 unspecified atom stereocenters. The van der Waals surface area contributed by atoms with Crippen LogP contribution in [-0.4, -0.2) is 37.7 Å². The number of ether oxygens (including phenoxy) is 2. The van der Waals surface area contributed by atoms with Gasteiger partial charge in [-0.3, -0.25) is 9.59 Å². The Hall–Kier alpha value is -3.00. The summed E-state index contributed by atoms with van der Waals surface area (Å²) in [6.07, 6.45) is 1.88. The predicted octanol–water partition coefficient (Wildman–Crippen LogP) is 2.89. The highest BCUT2D eigenvalue weighted by Crippen LogP contribution is 2.19. The lowest BCUT2D eigenvalue weighted by Crippen LogP contribution is -2.32. The maximum atomic E-state index is 13.6. The lowest BCUT2D eigenvalue weighted by atomic mass is 10.1. The Kier molecular flexibility index (Phi) is 6.54. The Balaban J connectivity index is 1.57. The van der Waals surface area contributed by atoms with Gasteiger partial charge in [-0.25, -0.2) is 8.78 Å². The molecule has 1 aliphatic heterocycles. The second-order valence-electron chi connectivity index (χ2n) is 6.30. The normalized spacial score (nSPS) is 15.9.